The number of nitrogens with zero attached hydrogens (tertiary/aromatic N) is 2. The molecule has 1 aliphatic heterocycles. The summed E-state index contributed by atoms with van der Waals surface area (Å²) in [4.78, 5) is -0.159. The van der Waals surface area contributed by atoms with Crippen LogP contribution in [0.5, 0.6) is 0 Å². The lowest BCUT2D eigenvalue weighted by molar-refractivity contribution is 0.477. The van der Waals surface area contributed by atoms with E-state index in [-0.39, 0.29) is 22.1 Å². The van der Waals surface area contributed by atoms with E-state index in [1.54, 1.807) is 36.4 Å². The number of hydrogen-bond acceptors (Lipinski definition) is 9. The van der Waals surface area contributed by atoms with Crippen molar-refractivity contribution in [2.75, 3.05) is 0 Å². The van der Waals surface area contributed by atoms with Gasteiger partial charge in [-0.1, -0.05) is 48.6 Å². The van der Waals surface area contributed by atoms with Gasteiger partial charge in [0.2, 0.25) is 0 Å². The van der Waals surface area contributed by atoms with Gasteiger partial charge in [-0.25, -0.2) is 10.5 Å². The van der Waals surface area contributed by atoms with Crippen molar-refractivity contribution in [2.45, 2.75) is 9.79 Å². The molecule has 0 saturated carbocycles. The Kier molecular flexibility index (Phi) is 8.18. The fraction of sp³-hybridized carbons (Fsp3) is 0. The molecule has 0 unspecified atom stereocenters. The van der Waals surface area contributed by atoms with Gasteiger partial charge in [-0.3, -0.25) is 0 Å². The Balaban J connectivity index is 0.000000855. The molecule has 3 rings (SSSR count). The zero-order valence-electron chi connectivity index (χ0n) is 13.5. The monoisotopic (exact) mass is 424 g/mol. The third kappa shape index (κ3) is 5.40. The van der Waals surface area contributed by atoms with Crippen LogP contribution in [0.3, 0.4) is 0 Å². The van der Waals surface area contributed by atoms with Crippen LogP contribution in [0.4, 0.5) is 0 Å². The van der Waals surface area contributed by atoms with Gasteiger partial charge in [-0.05, 0) is 23.3 Å². The first-order chi connectivity index (χ1) is 12.9. The van der Waals surface area contributed by atoms with Crippen LogP contribution in [-0.2, 0) is 27.5 Å². The molecule has 0 radical (unpaired) electrons. The maximum Gasteiger partial charge on any atom is 0.310 e. The van der Waals surface area contributed by atoms with Crippen molar-refractivity contribution in [1.29, 1.82) is 10.5 Å². The Hall–Kier alpha value is -2.67. The molecule has 0 saturated heterocycles. The lowest BCUT2D eigenvalue weighted by Crippen LogP contribution is -2.07. The molecule has 0 bridgehead atoms. The molecular weight excluding hydrogens is 412 g/mol. The van der Waals surface area contributed by atoms with Gasteiger partial charge in [0.25, 0.3) is 0 Å². The van der Waals surface area contributed by atoms with Crippen LogP contribution in [0.15, 0.2) is 58.3 Å². The highest BCUT2D eigenvalue weighted by Crippen LogP contribution is 2.30. The molecule has 2 aromatic rings. The molecule has 0 N–H and O–H groups in total. The second-order valence-corrected chi connectivity index (χ2v) is 8.44. The van der Waals surface area contributed by atoms with Crippen LogP contribution < -0.4 is 0 Å². The van der Waals surface area contributed by atoms with Crippen molar-refractivity contribution in [1.82, 2.24) is 0 Å². The van der Waals surface area contributed by atoms with Gasteiger partial charge in [0.1, 0.15) is 9.79 Å². The normalized spacial score (nSPS) is 16.4. The number of rotatable bonds is 0. The smallest absolute Gasteiger partial charge is 0.202 e. The Bertz CT molecular complexity index is 988. The van der Waals surface area contributed by atoms with Gasteiger partial charge in [0, 0.05) is 13.1 Å². The SMILES string of the molecule is C#N.C#N.O=S1(=O)OSOS(=O)(=O)c2ccccc2C=Cc2ccccc21. The van der Waals surface area contributed by atoms with Gasteiger partial charge in [0.05, 0.1) is 0 Å². The van der Waals surface area contributed by atoms with E-state index in [1.807, 2.05) is 0 Å². The molecule has 0 atom stereocenters. The van der Waals surface area contributed by atoms with E-state index >= 15 is 0 Å². The second kappa shape index (κ2) is 9.87. The summed E-state index contributed by atoms with van der Waals surface area (Å²) in [6.45, 7) is 7.00. The molecule has 140 valence electrons. The maximum atomic E-state index is 12.2. The number of hydrogen-bond donors (Lipinski definition) is 0. The van der Waals surface area contributed by atoms with Crippen molar-refractivity contribution in [3.63, 3.8) is 0 Å². The van der Waals surface area contributed by atoms with E-state index in [4.69, 9.17) is 10.5 Å². The maximum absolute atomic E-state index is 12.2. The molecule has 0 aromatic heterocycles. The number of nitriles is 2. The quantitative estimate of drug-likeness (QED) is 0.584. The van der Waals surface area contributed by atoms with E-state index in [1.165, 1.54) is 24.3 Å². The molecule has 27 heavy (non-hydrogen) atoms. The third-order valence-electron chi connectivity index (χ3n) is 3.05. The van der Waals surface area contributed by atoms with Crippen molar-refractivity contribution in [3.8, 4) is 13.1 Å². The summed E-state index contributed by atoms with van der Waals surface area (Å²) in [5, 5.41) is 13.0. The second-order valence-electron chi connectivity index (χ2n) is 4.52. The van der Waals surface area contributed by atoms with Crippen molar-refractivity contribution < 1.29 is 24.1 Å². The Morgan fingerprint density at radius 1 is 0.667 bits per heavy atom. The van der Waals surface area contributed by atoms with Crippen LogP contribution in [0.1, 0.15) is 11.1 Å². The molecule has 1 heterocycles. The average molecular weight is 424 g/mol. The number of fused-ring (bicyclic) bond motifs is 2. The third-order valence-corrected chi connectivity index (χ3v) is 6.75. The zero-order chi connectivity index (χ0) is 20.5. The summed E-state index contributed by atoms with van der Waals surface area (Å²) in [6.07, 6.45) is 3.03. The van der Waals surface area contributed by atoms with E-state index < -0.39 is 20.2 Å². The van der Waals surface area contributed by atoms with E-state index in [9.17, 15) is 16.8 Å². The molecule has 0 spiro atoms. The topological polar surface area (TPSA) is 134 Å². The summed E-state index contributed by atoms with van der Waals surface area (Å²) in [5.74, 6) is 0. The van der Waals surface area contributed by atoms with E-state index in [0.717, 1.165) is 0 Å². The Morgan fingerprint density at radius 3 is 1.37 bits per heavy atom. The predicted molar refractivity (Wildman–Crippen MR) is 99.3 cm³/mol. The lowest BCUT2D eigenvalue weighted by Gasteiger charge is -2.06. The fourth-order valence-electron chi connectivity index (χ4n) is 2.03. The molecule has 0 amide bonds. The highest BCUT2D eigenvalue weighted by atomic mass is 32.3. The van der Waals surface area contributed by atoms with Gasteiger partial charge >= 0.3 is 20.2 Å². The van der Waals surface area contributed by atoms with Crippen molar-refractivity contribution in [2.24, 2.45) is 0 Å². The zero-order valence-corrected chi connectivity index (χ0v) is 15.9. The minimum absolute atomic E-state index is 0.0795. The fourth-order valence-corrected chi connectivity index (χ4v) is 4.84. The number of benzene rings is 2. The first kappa shape index (κ1) is 22.4. The van der Waals surface area contributed by atoms with E-state index in [0.29, 0.717) is 11.1 Å². The van der Waals surface area contributed by atoms with Crippen LogP contribution in [0, 0.1) is 23.7 Å². The largest absolute Gasteiger partial charge is 0.310 e. The molecule has 0 fully saturated rings. The summed E-state index contributed by atoms with van der Waals surface area (Å²) in [7, 11) is -8.35. The Morgan fingerprint density at radius 2 is 1.00 bits per heavy atom. The molecular formula is C16H12N2O6S3. The molecule has 0 aliphatic carbocycles. The Labute approximate surface area is 161 Å². The molecule has 1 aliphatic rings. The summed E-state index contributed by atoms with van der Waals surface area (Å²) >= 11 is -0.102. The summed E-state index contributed by atoms with van der Waals surface area (Å²) in [5.41, 5.74) is 0.754. The van der Waals surface area contributed by atoms with Crippen molar-refractivity contribution >= 4 is 44.7 Å². The standard InChI is InChI=1S/C14H10O6S3.2CHN/c15-22(16)13-7-3-1-5-11(13)9-10-12-6-2-4-8-14(12)23(17,18)20-21-19-22;2*1-2/h1-10H;2*1H. The van der Waals surface area contributed by atoms with E-state index in [2.05, 4.69) is 20.4 Å². The van der Waals surface area contributed by atoms with Crippen LogP contribution in [0.2, 0.25) is 0 Å². The summed E-state index contributed by atoms with van der Waals surface area (Å²) < 4.78 is 57.8. The molecule has 8 nitrogen and oxygen atoms in total. The van der Waals surface area contributed by atoms with Crippen LogP contribution in [0.25, 0.3) is 12.2 Å². The first-order valence-electron chi connectivity index (χ1n) is 6.82. The van der Waals surface area contributed by atoms with Crippen LogP contribution >= 0.6 is 12.3 Å². The highest BCUT2D eigenvalue weighted by molar-refractivity contribution is 8.07. The van der Waals surface area contributed by atoms with Gasteiger partial charge < -0.3 is 0 Å². The first-order valence-corrected chi connectivity index (χ1v) is 10.3. The van der Waals surface area contributed by atoms with Crippen molar-refractivity contribution in [3.05, 3.63) is 59.7 Å². The van der Waals surface area contributed by atoms with Gasteiger partial charge in [-0.15, -0.1) is 0 Å². The van der Waals surface area contributed by atoms with Gasteiger partial charge in [0.15, 0.2) is 12.3 Å². The lowest BCUT2D eigenvalue weighted by atomic mass is 10.1. The molecule has 11 heteroatoms. The minimum atomic E-state index is -4.17. The molecule has 2 aromatic carbocycles. The highest BCUT2D eigenvalue weighted by Gasteiger charge is 2.25. The predicted octanol–water partition coefficient (Wildman–Crippen LogP) is 3.12. The van der Waals surface area contributed by atoms with Gasteiger partial charge in [-0.2, -0.15) is 24.1 Å². The average Bonchev–Trinajstić information content (AvgIpc) is 2.70. The summed E-state index contributed by atoms with van der Waals surface area (Å²) in [6, 6.07) is 12.4. The minimum Gasteiger partial charge on any atom is -0.202 e. The van der Waals surface area contributed by atoms with Crippen LogP contribution in [-0.4, -0.2) is 16.8 Å².